The first-order chi connectivity index (χ1) is 33.3. The van der Waals surface area contributed by atoms with Crippen LogP contribution in [0.4, 0.5) is 11.4 Å². The third-order valence-corrected chi connectivity index (χ3v) is 12.6. The number of hydrogen-bond acceptors (Lipinski definition) is 15. The average Bonchev–Trinajstić information content (AvgIpc) is 4.16. The molecule has 0 radical (unpaired) electrons. The SMILES string of the molecule is O=COc1cc(-n2n3c4ccc5cc(S(=O)(=O)O)ccc5c4n23)c(C(=O)O)cc1N=Nc1ccc(C=Cc2ccc(-n3n4c5ccc6ccccc6c5n34)cc2S(=O)(=O)O)cc1.O=S(=O)=O.O=S(=O)=O. The molecule has 11 aromatic rings. The Labute approximate surface area is 393 Å². The maximum atomic E-state index is 12.6. The number of ether oxygens (including phenoxy) is 1. The Hall–Kier alpha value is -8.80. The fourth-order valence-electron chi connectivity index (χ4n) is 7.88. The van der Waals surface area contributed by atoms with E-state index in [4.69, 9.17) is 30.0 Å². The van der Waals surface area contributed by atoms with E-state index in [0.717, 1.165) is 21.8 Å². The molecule has 0 unspecified atom stereocenters. The zero-order chi connectivity index (χ0) is 50.0. The van der Waals surface area contributed by atoms with Crippen LogP contribution in [0.2, 0.25) is 0 Å². The molecule has 3 N–H and O–H groups in total. The van der Waals surface area contributed by atoms with Crippen LogP contribution in [-0.2, 0) is 46.2 Å². The molecule has 0 atom stereocenters. The Morgan fingerprint density at radius 3 is 1.86 bits per heavy atom. The van der Waals surface area contributed by atoms with Crippen molar-refractivity contribution in [3.63, 3.8) is 0 Å². The lowest BCUT2D eigenvalue weighted by Crippen LogP contribution is -2.04. The summed E-state index contributed by atoms with van der Waals surface area (Å²) in [7, 11) is -15.3. The zero-order valence-electron chi connectivity index (χ0n) is 34.6. The van der Waals surface area contributed by atoms with E-state index in [1.165, 1.54) is 35.1 Å². The van der Waals surface area contributed by atoms with Gasteiger partial charge in [0, 0.05) is 16.8 Å². The van der Waals surface area contributed by atoms with Crippen molar-refractivity contribution >= 4 is 121 Å². The molecular weight excluding hydrogens is 1000 g/mol. The molecule has 0 aliphatic heterocycles. The second kappa shape index (κ2) is 17.4. The molecule has 24 nitrogen and oxygen atoms in total. The summed E-state index contributed by atoms with van der Waals surface area (Å²) >= 11 is 0. The number of carboxylic acid groups (broad SMARTS) is 1. The van der Waals surface area contributed by atoms with Gasteiger partial charge in [-0.15, -0.1) is 53.7 Å². The Morgan fingerprint density at radius 2 is 1.23 bits per heavy atom. The van der Waals surface area contributed by atoms with Crippen molar-refractivity contribution in [3.8, 4) is 17.1 Å². The van der Waals surface area contributed by atoms with Crippen LogP contribution in [0.5, 0.6) is 5.75 Å². The third kappa shape index (κ3) is 8.54. The van der Waals surface area contributed by atoms with E-state index in [9.17, 15) is 40.6 Å². The number of rotatable bonds is 11. The van der Waals surface area contributed by atoms with Gasteiger partial charge in [0.05, 0.1) is 21.8 Å². The second-order valence-electron chi connectivity index (χ2n) is 14.8. The number of carboxylic acids is 1. The molecule has 0 spiro atoms. The second-order valence-corrected chi connectivity index (χ2v) is 18.4. The smallest absolute Gasteiger partial charge is 0.425 e. The number of azo groups is 1. The van der Waals surface area contributed by atoms with Crippen LogP contribution in [0.3, 0.4) is 0 Å². The van der Waals surface area contributed by atoms with E-state index >= 15 is 0 Å². The van der Waals surface area contributed by atoms with E-state index in [0.29, 0.717) is 38.7 Å². The van der Waals surface area contributed by atoms with Crippen LogP contribution in [0.15, 0.2) is 141 Å². The molecule has 7 aromatic carbocycles. The van der Waals surface area contributed by atoms with Crippen molar-refractivity contribution < 1.29 is 70.6 Å². The summed E-state index contributed by atoms with van der Waals surface area (Å²) in [5.74, 6) is -1.38. The van der Waals surface area contributed by atoms with Gasteiger partial charge < -0.3 is 9.84 Å². The summed E-state index contributed by atoms with van der Waals surface area (Å²) < 4.78 is 131. The normalized spacial score (nSPS) is 12.2. The highest BCUT2D eigenvalue weighted by Crippen LogP contribution is 2.39. The Bertz CT molecular complexity index is 4430. The first-order valence-electron chi connectivity index (χ1n) is 19.5. The van der Waals surface area contributed by atoms with Crippen molar-refractivity contribution in [3.05, 3.63) is 138 Å². The number of carbonyl (C=O) groups is 2. The van der Waals surface area contributed by atoms with Gasteiger partial charge >= 0.3 is 27.2 Å². The van der Waals surface area contributed by atoms with Gasteiger partial charge in [0.15, 0.2) is 5.75 Å². The molecule has 11 rings (SSSR count). The topological polar surface area (TPSA) is 327 Å². The standard InChI is InChI=1S/C42H26N8O10S2.2O3S/c51-23-60-38-22-37(48-47-36-18-11-27-19-30(61(54,55)56)15-16-32(27)41(36)50(47)48)33(42(52)53)21-34(38)44-43-28-12-6-24(7-13-28)5-8-26-9-14-29(20-39(26)62(57,58)59)45-46-35-17-10-25-3-1-2-4-31(25)40(35)49(45)46;2*1-4(2)3/h1-23H,(H,52,53)(H,54,55,56)(H,57,58,59);;. The van der Waals surface area contributed by atoms with Gasteiger partial charge in [0.1, 0.15) is 38.3 Å². The van der Waals surface area contributed by atoms with Gasteiger partial charge in [0.25, 0.3) is 26.7 Å². The number of aromatic carboxylic acids is 1. The lowest BCUT2D eigenvalue weighted by atomic mass is 10.1. The van der Waals surface area contributed by atoms with Gasteiger partial charge in [-0.05, 0) is 76.5 Å². The quantitative estimate of drug-likeness (QED) is 0.0599. The Balaban J connectivity index is 0.000000709. The molecule has 0 fully saturated rings. The maximum Gasteiger partial charge on any atom is 0.425 e. The Kier molecular flexibility index (Phi) is 11.5. The molecule has 28 heteroatoms. The summed E-state index contributed by atoms with van der Waals surface area (Å²) in [6.45, 7) is 0.178. The van der Waals surface area contributed by atoms with Gasteiger partial charge in [-0.25, -0.2) is 4.79 Å². The van der Waals surface area contributed by atoms with Crippen molar-refractivity contribution in [2.24, 2.45) is 10.2 Å². The molecule has 0 aliphatic rings. The van der Waals surface area contributed by atoms with Crippen molar-refractivity contribution in [1.29, 1.82) is 0 Å². The first-order valence-corrected chi connectivity index (χ1v) is 24.4. The van der Waals surface area contributed by atoms with E-state index in [1.54, 1.807) is 76.0 Å². The summed E-state index contributed by atoms with van der Waals surface area (Å²) in [6, 6.07) is 33.5. The summed E-state index contributed by atoms with van der Waals surface area (Å²) in [5.41, 5.74) is 5.06. The average molecular weight is 1030 g/mol. The minimum absolute atomic E-state index is 0.0512. The molecule has 0 bridgehead atoms. The predicted molar refractivity (Wildman–Crippen MR) is 245 cm³/mol. The summed E-state index contributed by atoms with van der Waals surface area (Å²) in [6.07, 6.45) is 3.23. The molecule has 0 saturated carbocycles. The molecule has 4 aromatic heterocycles. The number of benzene rings is 7. The minimum Gasteiger partial charge on any atom is -0.478 e. The number of hydrogen-bond donors (Lipinski definition) is 3. The van der Waals surface area contributed by atoms with Crippen molar-refractivity contribution in [1.82, 2.24) is 28.1 Å². The number of nitrogens with zero attached hydrogens (tertiary/aromatic N) is 8. The molecule has 0 aliphatic carbocycles. The van der Waals surface area contributed by atoms with Crippen molar-refractivity contribution in [2.45, 2.75) is 9.79 Å². The summed E-state index contributed by atoms with van der Waals surface area (Å²) in [5, 5.41) is 22.0. The number of fused-ring (bicyclic) bond motifs is 12. The molecule has 4 heterocycles. The molecular formula is C42H26N8O16S4. The lowest BCUT2D eigenvalue weighted by Gasteiger charge is -2.07. The van der Waals surface area contributed by atoms with Gasteiger partial charge in [0.2, 0.25) is 0 Å². The first kappa shape index (κ1) is 46.3. The van der Waals surface area contributed by atoms with Gasteiger partial charge in [-0.2, -0.15) is 26.7 Å². The van der Waals surface area contributed by atoms with Gasteiger partial charge in [-0.1, -0.05) is 72.8 Å². The zero-order valence-corrected chi connectivity index (χ0v) is 37.9. The highest BCUT2D eigenvalue weighted by Gasteiger charge is 2.31. The number of carbonyl (C=O) groups excluding carboxylic acids is 1. The maximum absolute atomic E-state index is 12.6. The van der Waals surface area contributed by atoms with Crippen LogP contribution < -0.4 is 4.74 Å². The van der Waals surface area contributed by atoms with E-state index in [-0.39, 0.29) is 44.5 Å². The Morgan fingerprint density at radius 1 is 0.614 bits per heavy atom. The fourth-order valence-corrected chi connectivity index (χ4v) is 9.10. The molecule has 0 saturated heterocycles. The van der Waals surface area contributed by atoms with E-state index < -0.39 is 47.4 Å². The number of aromatic nitrogens is 6. The predicted octanol–water partition coefficient (Wildman–Crippen LogP) is 5.77. The van der Waals surface area contributed by atoms with Crippen LogP contribution >= 0.6 is 0 Å². The van der Waals surface area contributed by atoms with Crippen LogP contribution in [0.25, 0.3) is 67.1 Å². The van der Waals surface area contributed by atoms with E-state index in [1.807, 2.05) is 50.5 Å². The van der Waals surface area contributed by atoms with Crippen LogP contribution in [-0.4, -0.2) is 96.9 Å². The third-order valence-electron chi connectivity index (χ3n) is 10.8. The monoisotopic (exact) mass is 1030 g/mol. The molecule has 354 valence electrons. The lowest BCUT2D eigenvalue weighted by molar-refractivity contribution is -0.120. The largest absolute Gasteiger partial charge is 0.478 e. The van der Waals surface area contributed by atoms with Crippen molar-refractivity contribution in [2.75, 3.05) is 0 Å². The summed E-state index contributed by atoms with van der Waals surface area (Å²) in [4.78, 5) is 26.9. The molecule has 70 heavy (non-hydrogen) atoms. The van der Waals surface area contributed by atoms with Gasteiger partial charge in [-0.3, -0.25) is 13.9 Å². The highest BCUT2D eigenvalue weighted by molar-refractivity contribution is 7.86. The van der Waals surface area contributed by atoms with Crippen LogP contribution in [0, 0.1) is 0 Å². The fraction of sp³-hybridized carbons (Fsp3) is 0. The molecule has 0 amide bonds. The van der Waals surface area contributed by atoms with E-state index in [2.05, 4.69) is 10.2 Å². The highest BCUT2D eigenvalue weighted by atomic mass is 32.2. The minimum atomic E-state index is -4.61. The van der Waals surface area contributed by atoms with Crippen LogP contribution in [0.1, 0.15) is 21.5 Å².